The molecule has 0 saturated carbocycles. The number of rotatable bonds is 5. The van der Waals surface area contributed by atoms with Gasteiger partial charge in [-0.1, -0.05) is 23.7 Å². The van der Waals surface area contributed by atoms with E-state index in [1.54, 1.807) is 12.3 Å². The number of likely N-dealkylation sites (tertiary alicyclic amines) is 1. The summed E-state index contributed by atoms with van der Waals surface area (Å²) in [6.07, 6.45) is 3.70. The zero-order valence-electron chi connectivity index (χ0n) is 16.8. The number of pyridine rings is 1. The molecule has 4 rings (SSSR count). The summed E-state index contributed by atoms with van der Waals surface area (Å²) in [6, 6.07) is 14.2. The highest BCUT2D eigenvalue weighted by molar-refractivity contribution is 6.32. The monoisotopic (exact) mass is 411 g/mol. The summed E-state index contributed by atoms with van der Waals surface area (Å²) in [7, 11) is 4.11. The molecule has 0 atom stereocenters. The summed E-state index contributed by atoms with van der Waals surface area (Å²) in [6.45, 7) is 2.94. The molecule has 0 spiro atoms. The molecule has 1 saturated heterocycles. The van der Waals surface area contributed by atoms with Gasteiger partial charge in [-0.05, 0) is 54.1 Å². The van der Waals surface area contributed by atoms with E-state index in [1.165, 1.54) is 11.3 Å². The van der Waals surface area contributed by atoms with Crippen LogP contribution in [0.2, 0.25) is 5.02 Å². The molecule has 3 aromatic rings. The number of ether oxygens (including phenoxy) is 1. The number of nitrogens with zero attached hydrogens (tertiary/aromatic N) is 2. The van der Waals surface area contributed by atoms with E-state index in [9.17, 15) is 4.79 Å². The molecule has 29 heavy (non-hydrogen) atoms. The third kappa shape index (κ3) is 4.57. The van der Waals surface area contributed by atoms with Crippen LogP contribution in [-0.2, 0) is 6.54 Å². The summed E-state index contributed by atoms with van der Waals surface area (Å²) >= 11 is 6.37. The number of nitrogens with one attached hydrogen (secondary N) is 1. The van der Waals surface area contributed by atoms with Crippen LogP contribution >= 0.6 is 11.6 Å². The van der Waals surface area contributed by atoms with Gasteiger partial charge in [0.05, 0.1) is 5.02 Å². The van der Waals surface area contributed by atoms with E-state index in [-0.39, 0.29) is 11.7 Å². The van der Waals surface area contributed by atoms with Crippen molar-refractivity contribution in [3.63, 3.8) is 0 Å². The van der Waals surface area contributed by atoms with Gasteiger partial charge in [-0.3, -0.25) is 9.69 Å². The zero-order valence-corrected chi connectivity index (χ0v) is 17.6. The fourth-order valence-corrected chi connectivity index (χ4v) is 4.01. The van der Waals surface area contributed by atoms with Crippen molar-refractivity contribution in [1.82, 2.24) is 9.88 Å². The number of piperidine rings is 1. The van der Waals surface area contributed by atoms with Crippen LogP contribution in [-0.4, -0.2) is 43.2 Å². The molecule has 5 nitrogen and oxygen atoms in total. The van der Waals surface area contributed by atoms with Crippen molar-refractivity contribution in [2.75, 3.05) is 32.1 Å². The highest BCUT2D eigenvalue weighted by Crippen LogP contribution is 2.31. The first-order valence-corrected chi connectivity index (χ1v) is 10.3. The molecule has 0 radical (unpaired) electrons. The highest BCUT2D eigenvalue weighted by Gasteiger charge is 2.21. The van der Waals surface area contributed by atoms with Crippen LogP contribution in [0.5, 0.6) is 5.75 Å². The Kier molecular flexibility index (Phi) is 5.79. The van der Waals surface area contributed by atoms with E-state index < -0.39 is 0 Å². The van der Waals surface area contributed by atoms with Gasteiger partial charge in [0.1, 0.15) is 11.9 Å². The molecule has 1 aliphatic rings. The van der Waals surface area contributed by atoms with Crippen molar-refractivity contribution < 1.29 is 4.74 Å². The van der Waals surface area contributed by atoms with Crippen molar-refractivity contribution in [3.05, 3.63) is 69.6 Å². The fraction of sp³-hybridized carbons (Fsp3) is 0.348. The fourth-order valence-electron chi connectivity index (χ4n) is 3.80. The zero-order chi connectivity index (χ0) is 20.4. The minimum Gasteiger partial charge on any atom is -0.489 e. The lowest BCUT2D eigenvalue weighted by molar-refractivity contribution is 0.0970. The van der Waals surface area contributed by atoms with Crippen LogP contribution in [0.25, 0.3) is 10.8 Å². The Morgan fingerprint density at radius 1 is 1.14 bits per heavy atom. The molecule has 2 heterocycles. The lowest BCUT2D eigenvalue weighted by atomic mass is 10.1. The maximum atomic E-state index is 11.9. The molecule has 1 aromatic heterocycles. The summed E-state index contributed by atoms with van der Waals surface area (Å²) in [5.74, 6) is 0.655. The van der Waals surface area contributed by atoms with Gasteiger partial charge >= 0.3 is 0 Å². The third-order valence-corrected chi connectivity index (χ3v) is 5.81. The maximum Gasteiger partial charge on any atom is 0.255 e. The van der Waals surface area contributed by atoms with Crippen molar-refractivity contribution in [3.8, 4) is 5.75 Å². The predicted octanol–water partition coefficient (Wildman–Crippen LogP) is 4.29. The Morgan fingerprint density at radius 3 is 2.55 bits per heavy atom. The van der Waals surface area contributed by atoms with Crippen LogP contribution in [0.15, 0.2) is 53.5 Å². The normalized spacial score (nSPS) is 15.6. The van der Waals surface area contributed by atoms with Crippen LogP contribution in [0.3, 0.4) is 0 Å². The average Bonchev–Trinajstić information content (AvgIpc) is 2.71. The first kappa shape index (κ1) is 19.8. The number of aromatic amines is 1. The topological polar surface area (TPSA) is 48.6 Å². The Morgan fingerprint density at radius 2 is 1.86 bits per heavy atom. The number of H-pyrrole nitrogens is 1. The number of aromatic nitrogens is 1. The van der Waals surface area contributed by atoms with E-state index in [0.717, 1.165) is 37.9 Å². The van der Waals surface area contributed by atoms with Crippen molar-refractivity contribution >= 4 is 28.1 Å². The molecule has 0 amide bonds. The average molecular weight is 412 g/mol. The number of halogens is 1. The standard InChI is InChI=1S/C23H26ClN3O2/c1-26(2)18-5-3-16(4-6-18)15-27-11-8-19(9-12-27)29-22-13-17-7-10-25-23(28)20(17)14-21(22)24/h3-7,10,13-14,19H,8-9,11-12,15H2,1-2H3,(H,25,28). The lowest BCUT2D eigenvalue weighted by Gasteiger charge is -2.32. The van der Waals surface area contributed by atoms with E-state index in [1.807, 2.05) is 12.1 Å². The number of hydrogen-bond donors (Lipinski definition) is 1. The minimum atomic E-state index is -0.136. The number of anilines is 1. The van der Waals surface area contributed by atoms with Crippen LogP contribution in [0.1, 0.15) is 18.4 Å². The first-order chi connectivity index (χ1) is 14.0. The molecular formula is C23H26ClN3O2. The van der Waals surface area contributed by atoms with E-state index in [0.29, 0.717) is 16.2 Å². The molecule has 6 heteroatoms. The minimum absolute atomic E-state index is 0.136. The number of fused-ring (bicyclic) bond motifs is 1. The molecule has 1 aliphatic heterocycles. The van der Waals surface area contributed by atoms with Gasteiger partial charge in [0.15, 0.2) is 0 Å². The molecule has 0 unspecified atom stereocenters. The largest absolute Gasteiger partial charge is 0.489 e. The van der Waals surface area contributed by atoms with Crippen LogP contribution in [0, 0.1) is 0 Å². The smallest absolute Gasteiger partial charge is 0.255 e. The second-order valence-electron chi connectivity index (χ2n) is 7.83. The summed E-state index contributed by atoms with van der Waals surface area (Å²) in [5.41, 5.74) is 2.41. The SMILES string of the molecule is CN(C)c1ccc(CN2CCC(Oc3cc4cc[nH]c(=O)c4cc3Cl)CC2)cc1. The highest BCUT2D eigenvalue weighted by atomic mass is 35.5. The summed E-state index contributed by atoms with van der Waals surface area (Å²) in [5, 5.41) is 1.91. The third-order valence-electron chi connectivity index (χ3n) is 5.51. The molecule has 1 fully saturated rings. The molecular weight excluding hydrogens is 386 g/mol. The Hall–Kier alpha value is -2.50. The van der Waals surface area contributed by atoms with E-state index in [2.05, 4.69) is 53.1 Å². The van der Waals surface area contributed by atoms with Crippen molar-refractivity contribution in [2.24, 2.45) is 0 Å². The second-order valence-corrected chi connectivity index (χ2v) is 8.24. The number of hydrogen-bond acceptors (Lipinski definition) is 4. The van der Waals surface area contributed by atoms with E-state index in [4.69, 9.17) is 16.3 Å². The van der Waals surface area contributed by atoms with Gasteiger partial charge in [0.2, 0.25) is 0 Å². The van der Waals surface area contributed by atoms with Crippen molar-refractivity contribution in [1.29, 1.82) is 0 Å². The molecule has 0 aliphatic carbocycles. The second kappa shape index (κ2) is 8.47. The van der Waals surface area contributed by atoms with Gasteiger partial charge in [-0.2, -0.15) is 0 Å². The quantitative estimate of drug-likeness (QED) is 0.680. The van der Waals surface area contributed by atoms with Gasteiger partial charge in [-0.25, -0.2) is 0 Å². The van der Waals surface area contributed by atoms with E-state index >= 15 is 0 Å². The molecule has 1 N–H and O–H groups in total. The van der Waals surface area contributed by atoms with Gasteiger partial charge in [0.25, 0.3) is 5.56 Å². The van der Waals surface area contributed by atoms with Gasteiger partial charge in [0, 0.05) is 51.0 Å². The Bertz CT molecular complexity index is 1040. The number of benzene rings is 2. The predicted molar refractivity (Wildman–Crippen MR) is 119 cm³/mol. The summed E-state index contributed by atoms with van der Waals surface area (Å²) in [4.78, 5) is 19.2. The van der Waals surface area contributed by atoms with Crippen molar-refractivity contribution in [2.45, 2.75) is 25.5 Å². The maximum absolute atomic E-state index is 11.9. The molecule has 2 aromatic carbocycles. The van der Waals surface area contributed by atoms with Crippen LogP contribution in [0.4, 0.5) is 5.69 Å². The Labute approximate surface area is 175 Å². The van der Waals surface area contributed by atoms with Crippen LogP contribution < -0.4 is 15.2 Å². The summed E-state index contributed by atoms with van der Waals surface area (Å²) < 4.78 is 6.20. The molecule has 0 bridgehead atoms. The van der Waals surface area contributed by atoms with Gasteiger partial charge < -0.3 is 14.6 Å². The Balaban J connectivity index is 1.36. The van der Waals surface area contributed by atoms with Gasteiger partial charge in [-0.15, -0.1) is 0 Å². The lowest BCUT2D eigenvalue weighted by Crippen LogP contribution is -2.37. The molecule has 152 valence electrons. The first-order valence-electron chi connectivity index (χ1n) is 9.96.